The van der Waals surface area contributed by atoms with Crippen LogP contribution in [-0.4, -0.2) is 46.6 Å². The highest BCUT2D eigenvalue weighted by atomic mass is 32.2. The Hall–Kier alpha value is -0.470. The lowest BCUT2D eigenvalue weighted by Gasteiger charge is -2.15. The number of methoxy groups -OCH3 is 1. The Balaban J connectivity index is 2.09. The van der Waals surface area contributed by atoms with E-state index in [0.717, 1.165) is 12.0 Å². The van der Waals surface area contributed by atoms with Crippen LogP contribution in [0, 0.1) is 5.92 Å². The van der Waals surface area contributed by atoms with Crippen LogP contribution in [0.3, 0.4) is 0 Å². The van der Waals surface area contributed by atoms with Crippen LogP contribution in [0.4, 0.5) is 0 Å². The van der Waals surface area contributed by atoms with Crippen LogP contribution >= 0.6 is 11.3 Å². The molecule has 1 N–H and O–H groups in total. The fraction of sp³-hybridized carbons (Fsp3) is 0.667. The van der Waals surface area contributed by atoms with Gasteiger partial charge >= 0.3 is 0 Å². The molecule has 108 valence electrons. The lowest BCUT2D eigenvalue weighted by Crippen LogP contribution is -2.28. The maximum absolute atomic E-state index is 12.5. The van der Waals surface area contributed by atoms with E-state index >= 15 is 0 Å². The molecule has 1 aromatic rings. The molecule has 0 aliphatic carbocycles. The molecule has 0 spiro atoms. The fourth-order valence-electron chi connectivity index (χ4n) is 2.30. The monoisotopic (exact) mass is 304 g/mol. The predicted molar refractivity (Wildman–Crippen MR) is 75.8 cm³/mol. The second-order valence-electron chi connectivity index (χ2n) is 4.78. The normalized spacial score (nSPS) is 21.1. The van der Waals surface area contributed by atoms with Gasteiger partial charge in [0.25, 0.3) is 10.0 Å². The Kier molecular flexibility index (Phi) is 4.97. The fourth-order valence-corrected chi connectivity index (χ4v) is 5.19. The molecular weight excluding hydrogens is 284 g/mol. The minimum Gasteiger partial charge on any atom is -0.384 e. The van der Waals surface area contributed by atoms with Crippen molar-refractivity contribution in [3.05, 3.63) is 17.0 Å². The smallest absolute Gasteiger partial charge is 0.252 e. The first-order valence-corrected chi connectivity index (χ1v) is 8.61. The van der Waals surface area contributed by atoms with Gasteiger partial charge in [0, 0.05) is 26.7 Å². The zero-order chi connectivity index (χ0) is 13.9. The molecular formula is C12H20N2O3S2. The van der Waals surface area contributed by atoms with E-state index in [2.05, 4.69) is 5.32 Å². The highest BCUT2D eigenvalue weighted by Gasteiger charge is 2.33. The van der Waals surface area contributed by atoms with Gasteiger partial charge in [-0.1, -0.05) is 0 Å². The summed E-state index contributed by atoms with van der Waals surface area (Å²) < 4.78 is 32.1. The van der Waals surface area contributed by atoms with Gasteiger partial charge in [0.15, 0.2) is 0 Å². The third-order valence-corrected chi connectivity index (χ3v) is 6.58. The summed E-state index contributed by atoms with van der Waals surface area (Å²) in [5.74, 6) is 0.316. The average molecular weight is 304 g/mol. The van der Waals surface area contributed by atoms with Gasteiger partial charge in [0.2, 0.25) is 0 Å². The van der Waals surface area contributed by atoms with Gasteiger partial charge in [0.1, 0.15) is 4.21 Å². The van der Waals surface area contributed by atoms with Crippen molar-refractivity contribution in [2.75, 3.05) is 33.9 Å². The van der Waals surface area contributed by atoms with Crippen LogP contribution in [0.2, 0.25) is 0 Å². The number of hydrogen-bond acceptors (Lipinski definition) is 5. The largest absolute Gasteiger partial charge is 0.384 e. The van der Waals surface area contributed by atoms with Crippen LogP contribution in [0.5, 0.6) is 0 Å². The third-order valence-electron chi connectivity index (χ3n) is 3.26. The number of nitrogens with zero attached hydrogens (tertiary/aromatic N) is 1. The van der Waals surface area contributed by atoms with Crippen molar-refractivity contribution in [2.45, 2.75) is 17.2 Å². The van der Waals surface area contributed by atoms with Gasteiger partial charge < -0.3 is 10.1 Å². The molecule has 7 heteroatoms. The van der Waals surface area contributed by atoms with E-state index < -0.39 is 10.0 Å². The van der Waals surface area contributed by atoms with Crippen molar-refractivity contribution in [3.8, 4) is 0 Å². The molecule has 0 amide bonds. The van der Waals surface area contributed by atoms with Crippen LogP contribution in [0.15, 0.2) is 15.7 Å². The number of ether oxygens (including phenoxy) is 1. The first kappa shape index (κ1) is 14.9. The van der Waals surface area contributed by atoms with Crippen molar-refractivity contribution in [1.82, 2.24) is 9.62 Å². The maximum Gasteiger partial charge on any atom is 0.252 e. The Morgan fingerprint density at radius 1 is 1.58 bits per heavy atom. The first-order chi connectivity index (χ1) is 9.07. The zero-order valence-corrected chi connectivity index (χ0v) is 12.9. The Morgan fingerprint density at radius 3 is 3.05 bits per heavy atom. The molecule has 1 atom stereocenters. The molecule has 1 aromatic heterocycles. The van der Waals surface area contributed by atoms with Crippen molar-refractivity contribution in [3.63, 3.8) is 0 Å². The summed E-state index contributed by atoms with van der Waals surface area (Å²) in [5.41, 5.74) is 1.01. The highest BCUT2D eigenvalue weighted by Crippen LogP contribution is 2.28. The molecule has 1 aliphatic rings. The van der Waals surface area contributed by atoms with Gasteiger partial charge in [0.05, 0.1) is 6.61 Å². The maximum atomic E-state index is 12.5. The Morgan fingerprint density at radius 2 is 2.37 bits per heavy atom. The van der Waals surface area contributed by atoms with E-state index in [4.69, 9.17) is 4.74 Å². The molecule has 0 aromatic carbocycles. The Labute approximate surface area is 118 Å². The SMILES string of the molecule is CNCc1csc(S(=O)(=O)N2CCC(COC)C2)c1. The molecule has 0 bridgehead atoms. The average Bonchev–Trinajstić information content (AvgIpc) is 2.99. The van der Waals surface area contributed by atoms with Gasteiger partial charge in [-0.15, -0.1) is 11.3 Å². The molecule has 19 heavy (non-hydrogen) atoms. The lowest BCUT2D eigenvalue weighted by molar-refractivity contribution is 0.157. The van der Waals surface area contributed by atoms with E-state index in [1.54, 1.807) is 17.5 Å². The van der Waals surface area contributed by atoms with Crippen LogP contribution in [-0.2, 0) is 21.3 Å². The van der Waals surface area contributed by atoms with Crippen LogP contribution in [0.1, 0.15) is 12.0 Å². The van der Waals surface area contributed by atoms with E-state index in [9.17, 15) is 8.42 Å². The first-order valence-electron chi connectivity index (χ1n) is 6.29. The molecule has 0 saturated carbocycles. The summed E-state index contributed by atoms with van der Waals surface area (Å²) in [6.07, 6.45) is 0.877. The summed E-state index contributed by atoms with van der Waals surface area (Å²) in [5, 5.41) is 4.92. The summed E-state index contributed by atoms with van der Waals surface area (Å²) in [7, 11) is 0.183. The minimum absolute atomic E-state index is 0.316. The van der Waals surface area contributed by atoms with E-state index in [1.165, 1.54) is 11.3 Å². The second kappa shape index (κ2) is 6.32. The minimum atomic E-state index is -3.32. The quantitative estimate of drug-likeness (QED) is 0.856. The summed E-state index contributed by atoms with van der Waals surface area (Å²) in [4.78, 5) is 0. The van der Waals surface area contributed by atoms with Crippen molar-refractivity contribution in [1.29, 1.82) is 0 Å². The van der Waals surface area contributed by atoms with Gasteiger partial charge in [-0.05, 0) is 36.4 Å². The van der Waals surface area contributed by atoms with Crippen LogP contribution in [0.25, 0.3) is 0 Å². The molecule has 0 radical (unpaired) electrons. The lowest BCUT2D eigenvalue weighted by atomic mass is 10.1. The van der Waals surface area contributed by atoms with Gasteiger partial charge in [-0.2, -0.15) is 4.31 Å². The topological polar surface area (TPSA) is 58.6 Å². The molecule has 1 saturated heterocycles. The molecule has 1 aliphatic heterocycles. The number of rotatable bonds is 6. The molecule has 1 fully saturated rings. The summed E-state index contributed by atoms with van der Waals surface area (Å²) in [6, 6.07) is 1.76. The third kappa shape index (κ3) is 3.35. The van der Waals surface area contributed by atoms with Crippen molar-refractivity contribution in [2.24, 2.45) is 5.92 Å². The summed E-state index contributed by atoms with van der Waals surface area (Å²) in [6.45, 7) is 2.48. The highest BCUT2D eigenvalue weighted by molar-refractivity contribution is 7.91. The van der Waals surface area contributed by atoms with Crippen molar-refractivity contribution >= 4 is 21.4 Å². The number of nitrogens with one attached hydrogen (secondary N) is 1. The molecule has 2 heterocycles. The van der Waals surface area contributed by atoms with E-state index in [-0.39, 0.29) is 0 Å². The van der Waals surface area contributed by atoms with Crippen molar-refractivity contribution < 1.29 is 13.2 Å². The predicted octanol–water partition coefficient (Wildman–Crippen LogP) is 1.12. The zero-order valence-electron chi connectivity index (χ0n) is 11.3. The summed E-state index contributed by atoms with van der Waals surface area (Å²) >= 11 is 1.30. The van der Waals surface area contributed by atoms with Gasteiger partial charge in [-0.25, -0.2) is 8.42 Å². The van der Waals surface area contributed by atoms with Gasteiger partial charge in [-0.3, -0.25) is 0 Å². The number of hydrogen-bond donors (Lipinski definition) is 1. The Bertz CT molecular complexity index is 513. The number of sulfonamides is 1. The van der Waals surface area contributed by atoms with E-state index in [1.807, 2.05) is 12.4 Å². The molecule has 5 nitrogen and oxygen atoms in total. The standard InChI is InChI=1S/C12H20N2O3S2/c1-13-6-11-5-12(18-9-11)19(15,16)14-4-3-10(7-14)8-17-2/h5,9-10,13H,3-4,6-8H2,1-2H3. The van der Waals surface area contributed by atoms with Crippen LogP contribution < -0.4 is 5.32 Å². The van der Waals surface area contributed by atoms with E-state index in [0.29, 0.717) is 36.4 Å². The second-order valence-corrected chi connectivity index (χ2v) is 7.85. The molecule has 1 unspecified atom stereocenters. The number of thiophene rings is 1. The molecule has 2 rings (SSSR count).